The van der Waals surface area contributed by atoms with Crippen LogP contribution < -0.4 is 4.90 Å². The zero-order valence-electron chi connectivity index (χ0n) is 12.2. The van der Waals surface area contributed by atoms with Crippen molar-refractivity contribution in [3.05, 3.63) is 65.5 Å². The van der Waals surface area contributed by atoms with E-state index in [1.165, 1.54) is 11.6 Å². The van der Waals surface area contributed by atoms with Crippen molar-refractivity contribution in [1.82, 2.24) is 0 Å². The highest BCUT2D eigenvalue weighted by molar-refractivity contribution is 5.56. The second-order valence-corrected chi connectivity index (χ2v) is 5.69. The summed E-state index contributed by atoms with van der Waals surface area (Å²) in [5.41, 5.74) is 2.56. The maximum absolute atomic E-state index is 14.0. The summed E-state index contributed by atoms with van der Waals surface area (Å²) >= 11 is 0. The smallest absolute Gasteiger partial charge is 0.131 e. The van der Waals surface area contributed by atoms with E-state index < -0.39 is 6.10 Å². The summed E-state index contributed by atoms with van der Waals surface area (Å²) in [6.45, 7) is 3.38. The standard InChI is InChI=1S/C18H20FNO/c1-13(21)18-16(19)8-5-9-17(18)20-11-10-15(12-20)14-6-3-2-4-7-14/h2-9,13,15,21H,10-12H2,1H3. The van der Waals surface area contributed by atoms with E-state index in [1.54, 1.807) is 13.0 Å². The topological polar surface area (TPSA) is 23.5 Å². The van der Waals surface area contributed by atoms with Crippen LogP contribution in [-0.4, -0.2) is 18.2 Å². The lowest BCUT2D eigenvalue weighted by Gasteiger charge is -2.23. The minimum absolute atomic E-state index is 0.328. The molecule has 1 aliphatic rings. The van der Waals surface area contributed by atoms with Gasteiger partial charge in [0.25, 0.3) is 0 Å². The summed E-state index contributed by atoms with van der Waals surface area (Å²) in [7, 11) is 0. The number of hydrogen-bond acceptors (Lipinski definition) is 2. The lowest BCUT2D eigenvalue weighted by molar-refractivity contribution is 0.194. The first-order valence-electron chi connectivity index (χ1n) is 7.43. The molecule has 2 nitrogen and oxygen atoms in total. The predicted octanol–water partition coefficient (Wildman–Crippen LogP) is 3.87. The molecular weight excluding hydrogens is 265 g/mol. The van der Waals surface area contributed by atoms with Crippen LogP contribution in [0.2, 0.25) is 0 Å². The van der Waals surface area contributed by atoms with Crippen molar-refractivity contribution < 1.29 is 9.50 Å². The molecule has 2 atom stereocenters. The number of aliphatic hydroxyl groups is 1. The fraction of sp³-hybridized carbons (Fsp3) is 0.333. The summed E-state index contributed by atoms with van der Waals surface area (Å²) in [4.78, 5) is 2.18. The van der Waals surface area contributed by atoms with E-state index in [-0.39, 0.29) is 5.82 Å². The first-order chi connectivity index (χ1) is 10.2. The van der Waals surface area contributed by atoms with Gasteiger partial charge in [0.1, 0.15) is 5.82 Å². The van der Waals surface area contributed by atoms with Crippen LogP contribution in [0.5, 0.6) is 0 Å². The quantitative estimate of drug-likeness (QED) is 0.925. The predicted molar refractivity (Wildman–Crippen MR) is 83.0 cm³/mol. The third-order valence-electron chi connectivity index (χ3n) is 4.25. The van der Waals surface area contributed by atoms with Gasteiger partial charge < -0.3 is 10.0 Å². The van der Waals surface area contributed by atoms with Gasteiger partial charge in [-0.2, -0.15) is 0 Å². The average molecular weight is 285 g/mol. The number of anilines is 1. The Bertz CT molecular complexity index is 612. The van der Waals surface area contributed by atoms with Crippen LogP contribution in [-0.2, 0) is 0 Å². The van der Waals surface area contributed by atoms with Crippen molar-refractivity contribution >= 4 is 5.69 Å². The minimum Gasteiger partial charge on any atom is -0.389 e. The SMILES string of the molecule is CC(O)c1c(F)cccc1N1CCC(c2ccccc2)C1. The number of halogens is 1. The van der Waals surface area contributed by atoms with Crippen molar-refractivity contribution in [2.75, 3.05) is 18.0 Å². The molecule has 0 aromatic heterocycles. The zero-order valence-corrected chi connectivity index (χ0v) is 12.2. The first kappa shape index (κ1) is 14.1. The largest absolute Gasteiger partial charge is 0.389 e. The number of nitrogens with zero attached hydrogens (tertiary/aromatic N) is 1. The number of rotatable bonds is 3. The van der Waals surface area contributed by atoms with Crippen molar-refractivity contribution in [2.45, 2.75) is 25.4 Å². The lowest BCUT2D eigenvalue weighted by atomic mass is 9.99. The van der Waals surface area contributed by atoms with Crippen LogP contribution in [0.1, 0.15) is 36.5 Å². The van der Waals surface area contributed by atoms with Gasteiger partial charge >= 0.3 is 0 Å². The van der Waals surface area contributed by atoms with E-state index in [4.69, 9.17) is 0 Å². The van der Waals surface area contributed by atoms with Gasteiger partial charge in [0, 0.05) is 30.3 Å². The molecule has 21 heavy (non-hydrogen) atoms. The van der Waals surface area contributed by atoms with E-state index in [0.29, 0.717) is 11.5 Å². The molecule has 0 amide bonds. The second-order valence-electron chi connectivity index (χ2n) is 5.69. The lowest BCUT2D eigenvalue weighted by Crippen LogP contribution is -2.21. The fourth-order valence-electron chi connectivity index (χ4n) is 3.19. The monoisotopic (exact) mass is 285 g/mol. The van der Waals surface area contributed by atoms with Crippen LogP contribution >= 0.6 is 0 Å². The molecule has 0 aliphatic carbocycles. The molecule has 1 aliphatic heterocycles. The Labute approximate surface area is 124 Å². The summed E-state index contributed by atoms with van der Waals surface area (Å²) in [5, 5.41) is 9.86. The van der Waals surface area contributed by atoms with Crippen molar-refractivity contribution in [3.63, 3.8) is 0 Å². The maximum Gasteiger partial charge on any atom is 0.131 e. The average Bonchev–Trinajstić information content (AvgIpc) is 2.97. The highest BCUT2D eigenvalue weighted by Gasteiger charge is 2.27. The Morgan fingerprint density at radius 2 is 1.90 bits per heavy atom. The molecule has 3 heteroatoms. The van der Waals surface area contributed by atoms with Crippen LogP contribution in [0.25, 0.3) is 0 Å². The van der Waals surface area contributed by atoms with E-state index in [0.717, 1.165) is 25.2 Å². The molecule has 1 heterocycles. The third-order valence-corrected chi connectivity index (χ3v) is 4.25. The van der Waals surface area contributed by atoms with E-state index in [2.05, 4.69) is 29.2 Å². The molecule has 1 N–H and O–H groups in total. The summed E-state index contributed by atoms with van der Waals surface area (Å²) in [6, 6.07) is 15.5. The Morgan fingerprint density at radius 3 is 2.62 bits per heavy atom. The zero-order chi connectivity index (χ0) is 14.8. The van der Waals surface area contributed by atoms with Gasteiger partial charge in [-0.05, 0) is 31.0 Å². The highest BCUT2D eigenvalue weighted by Crippen LogP contribution is 2.35. The summed E-state index contributed by atoms with van der Waals surface area (Å²) < 4.78 is 14.0. The van der Waals surface area contributed by atoms with Gasteiger partial charge in [-0.1, -0.05) is 36.4 Å². The van der Waals surface area contributed by atoms with Gasteiger partial charge in [0.05, 0.1) is 6.10 Å². The molecule has 0 saturated carbocycles. The second kappa shape index (κ2) is 5.86. The van der Waals surface area contributed by atoms with Gasteiger partial charge in [0.2, 0.25) is 0 Å². The number of hydrogen-bond donors (Lipinski definition) is 1. The fourth-order valence-corrected chi connectivity index (χ4v) is 3.19. The number of benzene rings is 2. The van der Waals surface area contributed by atoms with Gasteiger partial charge in [-0.25, -0.2) is 4.39 Å². The molecule has 0 radical (unpaired) electrons. The summed E-state index contributed by atoms with van der Waals surface area (Å²) in [6.07, 6.45) is 0.261. The Morgan fingerprint density at radius 1 is 1.14 bits per heavy atom. The Balaban J connectivity index is 1.86. The van der Waals surface area contributed by atoms with E-state index in [9.17, 15) is 9.50 Å². The summed E-state index contributed by atoms with van der Waals surface area (Å²) in [5.74, 6) is 0.141. The van der Waals surface area contributed by atoms with Crippen molar-refractivity contribution in [2.24, 2.45) is 0 Å². The molecule has 2 aromatic carbocycles. The maximum atomic E-state index is 14.0. The molecule has 0 spiro atoms. The van der Waals surface area contributed by atoms with Crippen LogP contribution in [0.3, 0.4) is 0 Å². The Hall–Kier alpha value is -1.87. The normalized spacial score (nSPS) is 19.8. The molecule has 2 unspecified atom stereocenters. The molecule has 1 fully saturated rings. The van der Waals surface area contributed by atoms with Crippen LogP contribution in [0.4, 0.5) is 10.1 Å². The minimum atomic E-state index is -0.794. The highest BCUT2D eigenvalue weighted by atomic mass is 19.1. The molecule has 110 valence electrons. The van der Waals surface area contributed by atoms with Crippen molar-refractivity contribution in [1.29, 1.82) is 0 Å². The van der Waals surface area contributed by atoms with E-state index in [1.807, 2.05) is 12.1 Å². The molecule has 1 saturated heterocycles. The number of aliphatic hydroxyl groups excluding tert-OH is 1. The van der Waals surface area contributed by atoms with E-state index >= 15 is 0 Å². The molecule has 2 aromatic rings. The van der Waals surface area contributed by atoms with Crippen LogP contribution in [0.15, 0.2) is 48.5 Å². The third kappa shape index (κ3) is 2.79. The van der Waals surface area contributed by atoms with Gasteiger partial charge in [0.15, 0.2) is 0 Å². The van der Waals surface area contributed by atoms with Gasteiger partial charge in [-0.15, -0.1) is 0 Å². The Kier molecular flexibility index (Phi) is 3.93. The van der Waals surface area contributed by atoms with Crippen molar-refractivity contribution in [3.8, 4) is 0 Å². The molecular formula is C18H20FNO. The molecule has 3 rings (SSSR count). The van der Waals surface area contributed by atoms with Gasteiger partial charge in [-0.3, -0.25) is 0 Å². The van der Waals surface area contributed by atoms with Crippen LogP contribution in [0, 0.1) is 5.82 Å². The first-order valence-corrected chi connectivity index (χ1v) is 7.43. The molecule has 0 bridgehead atoms.